The van der Waals surface area contributed by atoms with Crippen LogP contribution in [0.25, 0.3) is 0 Å². The quantitative estimate of drug-likeness (QED) is 0.822. The Bertz CT molecular complexity index is 385. The van der Waals surface area contributed by atoms with Crippen LogP contribution < -0.4 is 5.32 Å². The van der Waals surface area contributed by atoms with Crippen molar-refractivity contribution in [3.8, 4) is 0 Å². The molecule has 1 aromatic rings. The Morgan fingerprint density at radius 2 is 2.12 bits per heavy atom. The number of nitrogens with one attached hydrogen (secondary N) is 1. The van der Waals surface area contributed by atoms with E-state index in [2.05, 4.69) is 18.3 Å². The van der Waals surface area contributed by atoms with Crippen molar-refractivity contribution >= 4 is 17.3 Å². The molecule has 0 aromatic carbocycles. The van der Waals surface area contributed by atoms with Crippen LogP contribution in [0.15, 0.2) is 6.07 Å². The van der Waals surface area contributed by atoms with Crippen molar-refractivity contribution < 1.29 is 9.53 Å². The van der Waals surface area contributed by atoms with E-state index in [0.29, 0.717) is 6.61 Å². The molecule has 17 heavy (non-hydrogen) atoms. The molecule has 1 N–H and O–H groups in total. The second-order valence-corrected chi connectivity index (χ2v) is 5.84. The summed E-state index contributed by atoms with van der Waals surface area (Å²) in [4.78, 5) is 14.4. The first-order valence-electron chi connectivity index (χ1n) is 5.95. The van der Waals surface area contributed by atoms with Gasteiger partial charge in [0.15, 0.2) is 0 Å². The lowest BCUT2D eigenvalue weighted by Gasteiger charge is -2.19. The van der Waals surface area contributed by atoms with Gasteiger partial charge < -0.3 is 4.74 Å². The normalized spacial score (nSPS) is 12.8. The highest BCUT2D eigenvalue weighted by Gasteiger charge is 2.25. The molecule has 1 heterocycles. The van der Waals surface area contributed by atoms with Gasteiger partial charge in [-0.05, 0) is 46.2 Å². The van der Waals surface area contributed by atoms with E-state index in [0.717, 1.165) is 5.56 Å². The second-order valence-electron chi connectivity index (χ2n) is 4.38. The minimum atomic E-state index is -0.347. The van der Waals surface area contributed by atoms with Crippen LogP contribution >= 0.6 is 11.3 Å². The summed E-state index contributed by atoms with van der Waals surface area (Å²) in [6.45, 7) is 10.4. The number of aryl methyl sites for hydroxylation is 2. The summed E-state index contributed by atoms with van der Waals surface area (Å²) in [5.41, 5.74) is 1.04. The molecule has 4 heteroatoms. The number of carbonyl (C=O) groups excluding carboxylic acids is 1. The SMILES string of the molecule is CCOC(=O)C(NC(C)C)c1cc(C)sc1C. The average molecular weight is 255 g/mol. The van der Waals surface area contributed by atoms with Crippen molar-refractivity contribution in [1.29, 1.82) is 0 Å². The molecule has 0 saturated heterocycles. The van der Waals surface area contributed by atoms with Crippen LogP contribution in [0.4, 0.5) is 0 Å². The van der Waals surface area contributed by atoms with Gasteiger partial charge in [0.25, 0.3) is 0 Å². The van der Waals surface area contributed by atoms with Gasteiger partial charge in [0.2, 0.25) is 0 Å². The van der Waals surface area contributed by atoms with Gasteiger partial charge in [-0.1, -0.05) is 0 Å². The summed E-state index contributed by atoms with van der Waals surface area (Å²) in [5, 5.41) is 3.27. The lowest BCUT2D eigenvalue weighted by atomic mass is 10.1. The molecule has 0 spiro atoms. The fourth-order valence-electron chi connectivity index (χ4n) is 1.78. The third-order valence-corrected chi connectivity index (χ3v) is 3.39. The summed E-state index contributed by atoms with van der Waals surface area (Å²) in [6, 6.07) is 1.96. The minimum Gasteiger partial charge on any atom is -0.465 e. The molecule has 0 radical (unpaired) electrons. The van der Waals surface area contributed by atoms with E-state index >= 15 is 0 Å². The van der Waals surface area contributed by atoms with Crippen molar-refractivity contribution in [3.63, 3.8) is 0 Å². The molecule has 0 amide bonds. The number of hydrogen-bond acceptors (Lipinski definition) is 4. The Kier molecular flexibility index (Phi) is 5.15. The van der Waals surface area contributed by atoms with E-state index in [9.17, 15) is 4.79 Å². The minimum absolute atomic E-state index is 0.192. The first-order chi connectivity index (χ1) is 7.95. The fourth-order valence-corrected chi connectivity index (χ4v) is 2.74. The van der Waals surface area contributed by atoms with Crippen LogP contribution in [0.2, 0.25) is 0 Å². The van der Waals surface area contributed by atoms with Crippen LogP contribution in [-0.2, 0) is 9.53 Å². The zero-order valence-electron chi connectivity index (χ0n) is 11.2. The van der Waals surface area contributed by atoms with Crippen LogP contribution in [0.1, 0.15) is 42.1 Å². The molecule has 96 valence electrons. The Morgan fingerprint density at radius 1 is 1.47 bits per heavy atom. The number of esters is 1. The highest BCUT2D eigenvalue weighted by Crippen LogP contribution is 2.27. The molecule has 3 nitrogen and oxygen atoms in total. The highest BCUT2D eigenvalue weighted by molar-refractivity contribution is 7.12. The molecular weight excluding hydrogens is 234 g/mol. The van der Waals surface area contributed by atoms with E-state index in [-0.39, 0.29) is 18.1 Å². The van der Waals surface area contributed by atoms with Crippen LogP contribution in [0.3, 0.4) is 0 Å². The van der Waals surface area contributed by atoms with Crippen molar-refractivity contribution in [2.45, 2.75) is 46.7 Å². The van der Waals surface area contributed by atoms with Gasteiger partial charge in [-0.3, -0.25) is 5.32 Å². The largest absolute Gasteiger partial charge is 0.465 e. The van der Waals surface area contributed by atoms with Crippen molar-refractivity contribution in [2.75, 3.05) is 6.61 Å². The maximum atomic E-state index is 12.0. The summed E-state index contributed by atoms with van der Waals surface area (Å²) in [7, 11) is 0. The van der Waals surface area contributed by atoms with Crippen LogP contribution in [-0.4, -0.2) is 18.6 Å². The first-order valence-corrected chi connectivity index (χ1v) is 6.77. The zero-order chi connectivity index (χ0) is 13.0. The average Bonchev–Trinajstić information content (AvgIpc) is 2.54. The third kappa shape index (κ3) is 3.82. The number of hydrogen-bond donors (Lipinski definition) is 1. The van der Waals surface area contributed by atoms with Gasteiger partial charge in [-0.15, -0.1) is 11.3 Å². The molecule has 1 atom stereocenters. The number of carbonyl (C=O) groups is 1. The molecule has 0 aliphatic heterocycles. The molecule has 1 rings (SSSR count). The molecule has 0 saturated carbocycles. The Hall–Kier alpha value is -0.870. The molecule has 0 fully saturated rings. The van der Waals surface area contributed by atoms with Crippen molar-refractivity contribution in [3.05, 3.63) is 21.4 Å². The Labute approximate surface area is 107 Å². The van der Waals surface area contributed by atoms with Gasteiger partial charge in [-0.25, -0.2) is 4.79 Å². The first kappa shape index (κ1) is 14.2. The van der Waals surface area contributed by atoms with Crippen LogP contribution in [0.5, 0.6) is 0 Å². The van der Waals surface area contributed by atoms with Gasteiger partial charge in [0.05, 0.1) is 6.61 Å². The summed E-state index contributed by atoms with van der Waals surface area (Å²) >= 11 is 1.71. The predicted octanol–water partition coefficient (Wildman–Crippen LogP) is 2.97. The van der Waals surface area contributed by atoms with E-state index in [4.69, 9.17) is 4.74 Å². The topological polar surface area (TPSA) is 38.3 Å². The van der Waals surface area contributed by atoms with Crippen molar-refractivity contribution in [1.82, 2.24) is 5.32 Å². The molecule has 0 aliphatic rings. The monoisotopic (exact) mass is 255 g/mol. The Morgan fingerprint density at radius 3 is 2.53 bits per heavy atom. The van der Waals surface area contributed by atoms with E-state index < -0.39 is 0 Å². The van der Waals surface area contributed by atoms with Gasteiger partial charge in [0, 0.05) is 15.8 Å². The summed E-state index contributed by atoms with van der Waals surface area (Å²) in [6.07, 6.45) is 0. The number of thiophene rings is 1. The third-order valence-electron chi connectivity index (χ3n) is 2.41. The lowest BCUT2D eigenvalue weighted by Crippen LogP contribution is -2.35. The predicted molar refractivity (Wildman–Crippen MR) is 71.4 cm³/mol. The smallest absolute Gasteiger partial charge is 0.327 e. The van der Waals surface area contributed by atoms with Gasteiger partial charge >= 0.3 is 5.97 Å². The maximum Gasteiger partial charge on any atom is 0.327 e. The Balaban J connectivity index is 2.97. The van der Waals surface area contributed by atoms with E-state index in [1.807, 2.05) is 27.7 Å². The van der Waals surface area contributed by atoms with Gasteiger partial charge in [-0.2, -0.15) is 0 Å². The van der Waals surface area contributed by atoms with E-state index in [1.54, 1.807) is 11.3 Å². The summed E-state index contributed by atoms with van der Waals surface area (Å²) < 4.78 is 5.13. The molecular formula is C13H21NO2S. The van der Waals surface area contributed by atoms with Crippen LogP contribution in [0, 0.1) is 13.8 Å². The molecule has 1 unspecified atom stereocenters. The number of ether oxygens (including phenoxy) is 1. The lowest BCUT2D eigenvalue weighted by molar-refractivity contribution is -0.146. The maximum absolute atomic E-state index is 12.0. The number of rotatable bonds is 5. The summed E-state index contributed by atoms with van der Waals surface area (Å²) in [5.74, 6) is -0.192. The molecule has 0 bridgehead atoms. The zero-order valence-corrected chi connectivity index (χ0v) is 12.0. The second kappa shape index (κ2) is 6.17. The van der Waals surface area contributed by atoms with Gasteiger partial charge in [0.1, 0.15) is 6.04 Å². The highest BCUT2D eigenvalue weighted by atomic mass is 32.1. The standard InChI is InChI=1S/C13H21NO2S/c1-6-16-13(15)12(14-8(2)3)11-7-9(4)17-10(11)5/h7-8,12,14H,6H2,1-5H3. The fraction of sp³-hybridized carbons (Fsp3) is 0.615. The van der Waals surface area contributed by atoms with E-state index in [1.165, 1.54) is 9.75 Å². The van der Waals surface area contributed by atoms with Crippen molar-refractivity contribution in [2.24, 2.45) is 0 Å². The molecule has 1 aromatic heterocycles. The molecule has 0 aliphatic carbocycles.